The molecule has 96 valence electrons. The average Bonchev–Trinajstić information content (AvgIpc) is 2.58. The molecule has 0 aromatic heterocycles. The van der Waals surface area contributed by atoms with Crippen molar-refractivity contribution < 1.29 is 18.3 Å². The third-order valence-electron chi connectivity index (χ3n) is 3.40. The van der Waals surface area contributed by atoms with E-state index in [4.69, 9.17) is 5.11 Å². The molecule has 1 saturated carbocycles. The first-order valence-electron chi connectivity index (χ1n) is 5.86. The van der Waals surface area contributed by atoms with Crippen molar-refractivity contribution in [1.29, 1.82) is 0 Å². The minimum absolute atomic E-state index is 0.0985. The van der Waals surface area contributed by atoms with Crippen LogP contribution in [0, 0.1) is 5.92 Å². The van der Waals surface area contributed by atoms with Crippen LogP contribution in [-0.4, -0.2) is 37.3 Å². The molecule has 1 fully saturated rings. The van der Waals surface area contributed by atoms with Gasteiger partial charge in [0.05, 0.1) is 11.7 Å². The molecule has 6 heteroatoms. The van der Waals surface area contributed by atoms with Crippen molar-refractivity contribution in [2.75, 3.05) is 5.75 Å². The number of carbonyl (C=O) groups is 1. The molecular weight excluding hydrogens is 242 g/mol. The molecule has 2 rings (SSSR count). The molecule has 1 heterocycles. The fourth-order valence-electron chi connectivity index (χ4n) is 2.55. The molecule has 3 atom stereocenters. The van der Waals surface area contributed by atoms with Crippen LogP contribution in [0.4, 0.5) is 0 Å². The standard InChI is InChI=1S/C11H17NO4S/c13-11(14)8-2-1-3-9(6-8)12-10-4-5-17(15,16)7-10/h4-5,8-10,12H,1-3,6-7H2,(H,13,14). The molecule has 0 aromatic rings. The molecule has 17 heavy (non-hydrogen) atoms. The molecule has 2 N–H and O–H groups in total. The molecule has 0 bridgehead atoms. The maximum Gasteiger partial charge on any atom is 0.306 e. The van der Waals surface area contributed by atoms with Gasteiger partial charge in [0.25, 0.3) is 0 Å². The van der Waals surface area contributed by atoms with Gasteiger partial charge in [0.1, 0.15) is 0 Å². The van der Waals surface area contributed by atoms with E-state index in [1.54, 1.807) is 6.08 Å². The van der Waals surface area contributed by atoms with Crippen LogP contribution in [0.2, 0.25) is 0 Å². The predicted octanol–water partition coefficient (Wildman–Crippen LogP) is 0.530. The second-order valence-corrected chi connectivity index (χ2v) is 6.76. The summed E-state index contributed by atoms with van der Waals surface area (Å²) in [5.41, 5.74) is 0. The van der Waals surface area contributed by atoms with Gasteiger partial charge in [0, 0.05) is 17.5 Å². The predicted molar refractivity (Wildman–Crippen MR) is 63.2 cm³/mol. The number of rotatable bonds is 3. The van der Waals surface area contributed by atoms with E-state index in [0.717, 1.165) is 19.3 Å². The first kappa shape index (κ1) is 12.6. The summed E-state index contributed by atoms with van der Waals surface area (Å²) in [6, 6.07) is -0.0367. The molecule has 2 aliphatic rings. The normalized spacial score (nSPS) is 35.9. The highest BCUT2D eigenvalue weighted by Gasteiger charge is 2.30. The van der Waals surface area contributed by atoms with E-state index in [1.807, 2.05) is 0 Å². The third kappa shape index (κ3) is 3.29. The Balaban J connectivity index is 1.88. The van der Waals surface area contributed by atoms with Crippen LogP contribution in [0.3, 0.4) is 0 Å². The largest absolute Gasteiger partial charge is 0.481 e. The highest BCUT2D eigenvalue weighted by molar-refractivity contribution is 7.94. The second kappa shape index (κ2) is 4.78. The van der Waals surface area contributed by atoms with Crippen molar-refractivity contribution in [3.05, 3.63) is 11.5 Å². The van der Waals surface area contributed by atoms with Crippen molar-refractivity contribution in [1.82, 2.24) is 5.32 Å². The van der Waals surface area contributed by atoms with Gasteiger partial charge < -0.3 is 10.4 Å². The fraction of sp³-hybridized carbons (Fsp3) is 0.727. The van der Waals surface area contributed by atoms with Crippen LogP contribution in [0.1, 0.15) is 25.7 Å². The third-order valence-corrected chi connectivity index (χ3v) is 4.80. The Morgan fingerprint density at radius 3 is 2.71 bits per heavy atom. The molecule has 0 radical (unpaired) electrons. The van der Waals surface area contributed by atoms with Gasteiger partial charge in [0.15, 0.2) is 9.84 Å². The Bertz CT molecular complexity index is 429. The monoisotopic (exact) mass is 259 g/mol. The minimum Gasteiger partial charge on any atom is -0.481 e. The van der Waals surface area contributed by atoms with Crippen LogP contribution in [0.25, 0.3) is 0 Å². The van der Waals surface area contributed by atoms with Gasteiger partial charge in [-0.3, -0.25) is 4.79 Å². The van der Waals surface area contributed by atoms with Crippen molar-refractivity contribution in [3.63, 3.8) is 0 Å². The van der Waals surface area contributed by atoms with E-state index in [1.165, 1.54) is 5.41 Å². The van der Waals surface area contributed by atoms with Crippen LogP contribution in [0.5, 0.6) is 0 Å². The number of hydrogen-bond acceptors (Lipinski definition) is 4. The van der Waals surface area contributed by atoms with Crippen molar-refractivity contribution in [2.45, 2.75) is 37.8 Å². The molecule has 0 amide bonds. The summed E-state index contributed by atoms with van der Waals surface area (Å²) in [6.45, 7) is 0. The van der Waals surface area contributed by atoms with E-state index in [0.29, 0.717) is 6.42 Å². The number of sulfone groups is 1. The fourth-order valence-corrected chi connectivity index (χ4v) is 3.80. The van der Waals surface area contributed by atoms with Crippen LogP contribution in [0.15, 0.2) is 11.5 Å². The van der Waals surface area contributed by atoms with Gasteiger partial charge >= 0.3 is 5.97 Å². The molecule has 3 unspecified atom stereocenters. The maximum absolute atomic E-state index is 11.2. The summed E-state index contributed by atoms with van der Waals surface area (Å²) in [6.07, 6.45) is 4.79. The van der Waals surface area contributed by atoms with Crippen LogP contribution < -0.4 is 5.32 Å². The van der Waals surface area contributed by atoms with Crippen molar-refractivity contribution in [2.24, 2.45) is 5.92 Å². The van der Waals surface area contributed by atoms with Gasteiger partial charge in [-0.15, -0.1) is 0 Å². The minimum atomic E-state index is -3.04. The average molecular weight is 259 g/mol. The Labute approximate surface area is 101 Å². The van der Waals surface area contributed by atoms with Crippen molar-refractivity contribution in [3.8, 4) is 0 Å². The van der Waals surface area contributed by atoms with Gasteiger partial charge in [-0.25, -0.2) is 8.42 Å². The van der Waals surface area contributed by atoms with E-state index in [2.05, 4.69) is 5.32 Å². The summed E-state index contributed by atoms with van der Waals surface area (Å²) in [5, 5.41) is 13.4. The lowest BCUT2D eigenvalue weighted by atomic mass is 9.85. The Kier molecular flexibility index (Phi) is 3.53. The van der Waals surface area contributed by atoms with Gasteiger partial charge in [0.2, 0.25) is 0 Å². The highest BCUT2D eigenvalue weighted by atomic mass is 32.2. The lowest BCUT2D eigenvalue weighted by molar-refractivity contribution is -0.143. The van der Waals surface area contributed by atoms with Gasteiger partial charge in [-0.1, -0.05) is 12.5 Å². The van der Waals surface area contributed by atoms with E-state index >= 15 is 0 Å². The number of carboxylic acid groups (broad SMARTS) is 1. The number of hydrogen-bond donors (Lipinski definition) is 2. The summed E-state index contributed by atoms with van der Waals surface area (Å²) in [5.74, 6) is -0.935. The SMILES string of the molecule is O=C(O)C1CCCC(NC2C=CS(=O)(=O)C2)C1. The second-order valence-electron chi connectivity index (χ2n) is 4.83. The van der Waals surface area contributed by atoms with E-state index in [-0.39, 0.29) is 23.8 Å². The highest BCUT2D eigenvalue weighted by Crippen LogP contribution is 2.25. The molecule has 5 nitrogen and oxygen atoms in total. The lowest BCUT2D eigenvalue weighted by Crippen LogP contribution is -2.42. The van der Waals surface area contributed by atoms with E-state index in [9.17, 15) is 13.2 Å². The zero-order chi connectivity index (χ0) is 12.5. The maximum atomic E-state index is 11.2. The Morgan fingerprint density at radius 2 is 2.12 bits per heavy atom. The Morgan fingerprint density at radius 1 is 1.35 bits per heavy atom. The van der Waals surface area contributed by atoms with Gasteiger partial charge in [-0.05, 0) is 19.3 Å². The number of aliphatic carboxylic acids is 1. The number of nitrogens with one attached hydrogen (secondary N) is 1. The summed E-state index contributed by atoms with van der Waals surface area (Å²) < 4.78 is 22.5. The molecule has 0 aromatic carbocycles. The zero-order valence-corrected chi connectivity index (χ0v) is 10.3. The van der Waals surface area contributed by atoms with Gasteiger partial charge in [-0.2, -0.15) is 0 Å². The molecule has 1 aliphatic carbocycles. The summed E-state index contributed by atoms with van der Waals surface area (Å²) in [4.78, 5) is 10.9. The molecule has 0 saturated heterocycles. The summed E-state index contributed by atoms with van der Waals surface area (Å²) in [7, 11) is -3.04. The molecule has 1 aliphatic heterocycles. The molecule has 0 spiro atoms. The Hall–Kier alpha value is -0.880. The quantitative estimate of drug-likeness (QED) is 0.772. The van der Waals surface area contributed by atoms with Crippen LogP contribution >= 0.6 is 0 Å². The smallest absolute Gasteiger partial charge is 0.306 e. The number of carboxylic acids is 1. The zero-order valence-electron chi connectivity index (χ0n) is 9.50. The lowest BCUT2D eigenvalue weighted by Gasteiger charge is -2.29. The topological polar surface area (TPSA) is 83.5 Å². The summed E-state index contributed by atoms with van der Waals surface area (Å²) >= 11 is 0. The van der Waals surface area contributed by atoms with E-state index < -0.39 is 15.8 Å². The first-order valence-corrected chi connectivity index (χ1v) is 7.57. The first-order chi connectivity index (χ1) is 7.96. The van der Waals surface area contributed by atoms with Crippen LogP contribution in [-0.2, 0) is 14.6 Å². The molecular formula is C11H17NO4S. The van der Waals surface area contributed by atoms with Crippen molar-refractivity contribution >= 4 is 15.8 Å².